The minimum atomic E-state index is -0.784. The summed E-state index contributed by atoms with van der Waals surface area (Å²) in [4.78, 5) is 39.2. The lowest BCUT2D eigenvalue weighted by Crippen LogP contribution is -2.54. The van der Waals surface area contributed by atoms with Crippen LogP contribution in [0.15, 0.2) is 76.8 Å². The second-order valence-electron chi connectivity index (χ2n) is 7.70. The van der Waals surface area contributed by atoms with E-state index in [4.69, 9.17) is 4.74 Å². The topological polar surface area (TPSA) is 75.7 Å². The van der Waals surface area contributed by atoms with Gasteiger partial charge in [-0.1, -0.05) is 64.0 Å². The number of halogens is 1. The zero-order valence-corrected chi connectivity index (χ0v) is 19.7. The number of nitrogens with zero attached hydrogens (tertiary/aromatic N) is 1. The molecule has 1 aliphatic rings. The van der Waals surface area contributed by atoms with Crippen molar-refractivity contribution in [1.29, 1.82) is 0 Å². The number of nitrogens with one attached hydrogen (secondary N) is 1. The van der Waals surface area contributed by atoms with E-state index in [-0.39, 0.29) is 5.57 Å². The Hall–Kier alpha value is -3.71. The molecule has 33 heavy (non-hydrogen) atoms. The van der Waals surface area contributed by atoms with Gasteiger partial charge in [-0.3, -0.25) is 14.9 Å². The van der Waals surface area contributed by atoms with E-state index >= 15 is 0 Å². The zero-order valence-electron chi connectivity index (χ0n) is 18.1. The summed E-state index contributed by atoms with van der Waals surface area (Å²) in [5, 5.41) is 2.25. The van der Waals surface area contributed by atoms with Gasteiger partial charge >= 0.3 is 6.03 Å². The fraction of sp³-hybridized carbons (Fsp3) is 0.115. The number of barbiturate groups is 1. The Kier molecular flexibility index (Phi) is 6.42. The van der Waals surface area contributed by atoms with Gasteiger partial charge in [-0.25, -0.2) is 9.69 Å². The smallest absolute Gasteiger partial charge is 0.335 e. The highest BCUT2D eigenvalue weighted by Gasteiger charge is 2.37. The van der Waals surface area contributed by atoms with Crippen LogP contribution in [-0.2, 0) is 16.2 Å². The van der Waals surface area contributed by atoms with Crippen LogP contribution in [0.1, 0.15) is 22.3 Å². The Labute approximate surface area is 200 Å². The van der Waals surface area contributed by atoms with Crippen molar-refractivity contribution in [3.05, 3.63) is 99.0 Å². The Morgan fingerprint density at radius 2 is 1.70 bits per heavy atom. The van der Waals surface area contributed by atoms with Crippen molar-refractivity contribution in [2.45, 2.75) is 20.5 Å². The highest BCUT2D eigenvalue weighted by molar-refractivity contribution is 9.10. The lowest BCUT2D eigenvalue weighted by molar-refractivity contribution is -0.122. The van der Waals surface area contributed by atoms with Crippen LogP contribution in [0, 0.1) is 13.8 Å². The molecule has 1 aliphatic heterocycles. The number of imide groups is 2. The van der Waals surface area contributed by atoms with Crippen LogP contribution < -0.4 is 15.0 Å². The lowest BCUT2D eigenvalue weighted by atomic mass is 10.1. The van der Waals surface area contributed by atoms with Crippen molar-refractivity contribution in [2.75, 3.05) is 4.90 Å². The molecule has 0 saturated carbocycles. The molecule has 0 unspecified atom stereocenters. The molecular weight excluding hydrogens is 484 g/mol. The molecule has 6 nitrogen and oxygen atoms in total. The van der Waals surface area contributed by atoms with Gasteiger partial charge in [0, 0.05) is 10.0 Å². The predicted molar refractivity (Wildman–Crippen MR) is 130 cm³/mol. The Morgan fingerprint density at radius 3 is 2.42 bits per heavy atom. The van der Waals surface area contributed by atoms with E-state index in [9.17, 15) is 14.4 Å². The van der Waals surface area contributed by atoms with Gasteiger partial charge in [-0.15, -0.1) is 0 Å². The number of hydrogen-bond donors (Lipinski definition) is 1. The van der Waals surface area contributed by atoms with Gasteiger partial charge in [0.2, 0.25) is 0 Å². The van der Waals surface area contributed by atoms with Crippen molar-refractivity contribution in [3.63, 3.8) is 0 Å². The molecule has 166 valence electrons. The van der Waals surface area contributed by atoms with E-state index in [1.807, 2.05) is 44.2 Å². The molecule has 0 spiro atoms. The molecule has 0 aliphatic carbocycles. The predicted octanol–water partition coefficient (Wildman–Crippen LogP) is 5.31. The number of urea groups is 1. The molecular formula is C26H21BrN2O4. The van der Waals surface area contributed by atoms with E-state index in [1.165, 1.54) is 6.08 Å². The maximum absolute atomic E-state index is 13.2. The van der Waals surface area contributed by atoms with E-state index in [0.29, 0.717) is 23.6 Å². The maximum Gasteiger partial charge on any atom is 0.335 e. The van der Waals surface area contributed by atoms with Crippen LogP contribution in [0.2, 0.25) is 0 Å². The standard InChI is InChI=1S/C26H21BrN2O4/c1-16-7-9-18(10-8-16)15-33-23-6-4-3-5-19(23)14-21-24(30)28-26(32)29(25(21)31)20-11-12-22(27)17(2)13-20/h3-14H,15H2,1-2H3,(H,28,30,32)/b21-14+. The lowest BCUT2D eigenvalue weighted by Gasteiger charge is -2.26. The molecule has 1 fully saturated rings. The van der Waals surface area contributed by atoms with Crippen molar-refractivity contribution in [2.24, 2.45) is 0 Å². The van der Waals surface area contributed by atoms with E-state index < -0.39 is 17.8 Å². The van der Waals surface area contributed by atoms with Gasteiger partial charge in [0.25, 0.3) is 11.8 Å². The number of anilines is 1. The molecule has 3 aromatic rings. The highest BCUT2D eigenvalue weighted by atomic mass is 79.9. The van der Waals surface area contributed by atoms with Crippen molar-refractivity contribution in [3.8, 4) is 5.75 Å². The Bertz CT molecular complexity index is 1280. The number of para-hydroxylation sites is 1. The van der Waals surface area contributed by atoms with Gasteiger partial charge in [-0.2, -0.15) is 0 Å². The van der Waals surface area contributed by atoms with Crippen LogP contribution >= 0.6 is 15.9 Å². The number of carbonyl (C=O) groups excluding carboxylic acids is 3. The summed E-state index contributed by atoms with van der Waals surface area (Å²) >= 11 is 3.41. The molecule has 1 N–H and O–H groups in total. The number of carbonyl (C=O) groups is 3. The van der Waals surface area contributed by atoms with Crippen molar-refractivity contribution < 1.29 is 19.1 Å². The number of aryl methyl sites for hydroxylation is 2. The van der Waals surface area contributed by atoms with Crippen molar-refractivity contribution in [1.82, 2.24) is 5.32 Å². The third kappa shape index (κ3) is 4.88. The molecule has 7 heteroatoms. The summed E-state index contributed by atoms with van der Waals surface area (Å²) in [5.41, 5.74) is 3.79. The Morgan fingerprint density at radius 1 is 0.970 bits per heavy atom. The minimum absolute atomic E-state index is 0.151. The number of ether oxygens (including phenoxy) is 1. The normalized spacial score (nSPS) is 15.1. The van der Waals surface area contributed by atoms with Gasteiger partial charge in [0.05, 0.1) is 5.69 Å². The zero-order chi connectivity index (χ0) is 23.5. The SMILES string of the molecule is Cc1ccc(COc2ccccc2/C=C2\C(=O)NC(=O)N(c3ccc(Br)c(C)c3)C2=O)cc1. The number of benzene rings is 3. The fourth-order valence-electron chi connectivity index (χ4n) is 3.39. The summed E-state index contributed by atoms with van der Waals surface area (Å²) in [6, 6.07) is 19.4. The van der Waals surface area contributed by atoms with Crippen LogP contribution in [0.4, 0.5) is 10.5 Å². The summed E-state index contributed by atoms with van der Waals surface area (Å²) in [6.07, 6.45) is 1.45. The molecule has 0 bridgehead atoms. The van der Waals surface area contributed by atoms with Crippen LogP contribution in [0.25, 0.3) is 6.08 Å². The quantitative estimate of drug-likeness (QED) is 0.377. The first kappa shape index (κ1) is 22.5. The number of hydrogen-bond acceptors (Lipinski definition) is 4. The minimum Gasteiger partial charge on any atom is -0.488 e. The van der Waals surface area contributed by atoms with E-state index in [0.717, 1.165) is 26.1 Å². The fourth-order valence-corrected chi connectivity index (χ4v) is 3.64. The molecule has 1 saturated heterocycles. The second kappa shape index (κ2) is 9.42. The third-order valence-electron chi connectivity index (χ3n) is 5.24. The van der Waals surface area contributed by atoms with Crippen LogP contribution in [-0.4, -0.2) is 17.8 Å². The van der Waals surface area contributed by atoms with Gasteiger partial charge in [-0.05, 0) is 55.3 Å². The molecule has 4 amide bonds. The Balaban J connectivity index is 1.64. The van der Waals surface area contributed by atoms with E-state index in [2.05, 4.69) is 21.2 Å². The second-order valence-corrected chi connectivity index (χ2v) is 8.56. The van der Waals surface area contributed by atoms with Gasteiger partial charge in [0.1, 0.15) is 17.9 Å². The summed E-state index contributed by atoms with van der Waals surface area (Å²) in [6.45, 7) is 4.20. The summed E-state index contributed by atoms with van der Waals surface area (Å²) in [5.74, 6) is -0.920. The summed E-state index contributed by atoms with van der Waals surface area (Å²) < 4.78 is 6.81. The first-order valence-corrected chi connectivity index (χ1v) is 11.1. The molecule has 3 aromatic carbocycles. The average Bonchev–Trinajstić information content (AvgIpc) is 2.79. The van der Waals surface area contributed by atoms with Gasteiger partial charge < -0.3 is 4.74 Å². The highest BCUT2D eigenvalue weighted by Crippen LogP contribution is 2.28. The average molecular weight is 505 g/mol. The largest absolute Gasteiger partial charge is 0.488 e. The van der Waals surface area contributed by atoms with Crippen LogP contribution in [0.5, 0.6) is 5.75 Å². The number of amides is 4. The molecule has 0 atom stereocenters. The molecule has 4 rings (SSSR count). The monoisotopic (exact) mass is 504 g/mol. The first-order valence-electron chi connectivity index (χ1n) is 10.3. The van der Waals surface area contributed by atoms with Crippen molar-refractivity contribution >= 4 is 45.5 Å². The number of rotatable bonds is 5. The van der Waals surface area contributed by atoms with E-state index in [1.54, 1.807) is 36.4 Å². The molecule has 0 radical (unpaired) electrons. The molecule has 1 heterocycles. The van der Waals surface area contributed by atoms with Crippen LogP contribution in [0.3, 0.4) is 0 Å². The maximum atomic E-state index is 13.2. The summed E-state index contributed by atoms with van der Waals surface area (Å²) in [7, 11) is 0. The molecule has 0 aromatic heterocycles. The third-order valence-corrected chi connectivity index (χ3v) is 6.12. The first-order chi connectivity index (χ1) is 15.8. The van der Waals surface area contributed by atoms with Gasteiger partial charge in [0.15, 0.2) is 0 Å².